The normalized spacial score (nSPS) is 11.1. The van der Waals surface area contributed by atoms with Gasteiger partial charge in [0.15, 0.2) is 11.2 Å². The smallest absolute Gasteiger partial charge is 0.276 e. The fraction of sp³-hybridized carbons (Fsp3) is 0. The predicted octanol–water partition coefficient (Wildman–Crippen LogP) is 1.34. The number of benzene rings is 1. The van der Waals surface area contributed by atoms with Crippen molar-refractivity contribution >= 4 is 39.4 Å². The van der Waals surface area contributed by atoms with Gasteiger partial charge in [0, 0.05) is 5.39 Å². The third-order valence-electron chi connectivity index (χ3n) is 3.49. The number of hydrogen-bond acceptors (Lipinski definition) is 7. The van der Waals surface area contributed by atoms with Crippen LogP contribution in [0.4, 0.5) is 17.3 Å². The number of aromatic amines is 1. The van der Waals surface area contributed by atoms with Crippen molar-refractivity contribution in [3.8, 4) is 0 Å². The molecule has 0 amide bonds. The summed E-state index contributed by atoms with van der Waals surface area (Å²) in [5, 5.41) is 15.5. The Balaban J connectivity index is 1.86. The second-order valence-electron chi connectivity index (χ2n) is 4.86. The molecule has 0 aliphatic rings. The summed E-state index contributed by atoms with van der Waals surface area (Å²) in [6.07, 6.45) is 2.79. The van der Waals surface area contributed by atoms with Crippen molar-refractivity contribution in [1.82, 2.24) is 24.7 Å². The number of nitrogens with one attached hydrogen (secondary N) is 2. The van der Waals surface area contributed by atoms with Crippen LogP contribution in [-0.2, 0) is 0 Å². The van der Waals surface area contributed by atoms with E-state index in [1.165, 1.54) is 12.5 Å². The molecule has 0 bridgehead atoms. The molecule has 0 unspecified atom stereocenters. The third-order valence-corrected chi connectivity index (χ3v) is 3.49. The molecule has 4 aromatic rings. The highest BCUT2D eigenvalue weighted by atomic mass is 16.5. The van der Waals surface area contributed by atoms with E-state index >= 15 is 0 Å². The van der Waals surface area contributed by atoms with Crippen molar-refractivity contribution in [2.45, 2.75) is 0 Å². The van der Waals surface area contributed by atoms with Gasteiger partial charge in [-0.15, -0.1) is 0 Å². The quantitative estimate of drug-likeness (QED) is 0.508. The lowest BCUT2D eigenvalue weighted by Crippen LogP contribution is -2.20. The summed E-state index contributed by atoms with van der Waals surface area (Å²) < 4.78 is 0.148. The Hall–Kier alpha value is -3.62. The molecule has 0 saturated carbocycles. The fourth-order valence-electron chi connectivity index (χ4n) is 2.33. The Morgan fingerprint density at radius 1 is 1.26 bits per heavy atom. The SMILES string of the molecule is Nc1c(Nc2nc3nc[nH]c3c(=O)n2[O-])cnc2ccccc12. The summed E-state index contributed by atoms with van der Waals surface area (Å²) in [6, 6.07) is 7.33. The Morgan fingerprint density at radius 3 is 2.96 bits per heavy atom. The molecular formula is C14H10N7O2-. The number of aromatic nitrogens is 5. The highest BCUT2D eigenvalue weighted by Gasteiger charge is 2.11. The van der Waals surface area contributed by atoms with Crippen LogP contribution in [0.2, 0.25) is 0 Å². The molecule has 0 spiro atoms. The summed E-state index contributed by atoms with van der Waals surface area (Å²) >= 11 is 0. The summed E-state index contributed by atoms with van der Waals surface area (Å²) in [4.78, 5) is 26.7. The summed E-state index contributed by atoms with van der Waals surface area (Å²) in [5.74, 6) is -0.210. The molecule has 0 saturated heterocycles. The topological polar surface area (TPSA) is 138 Å². The van der Waals surface area contributed by atoms with E-state index < -0.39 is 5.56 Å². The minimum absolute atomic E-state index is 0.0511. The summed E-state index contributed by atoms with van der Waals surface area (Å²) in [5.41, 5.74) is 7.05. The second-order valence-corrected chi connectivity index (χ2v) is 4.86. The number of para-hydroxylation sites is 1. The fourth-order valence-corrected chi connectivity index (χ4v) is 2.33. The van der Waals surface area contributed by atoms with Crippen molar-refractivity contribution in [2.24, 2.45) is 0 Å². The summed E-state index contributed by atoms with van der Waals surface area (Å²) in [6.45, 7) is 0. The molecule has 0 aliphatic carbocycles. The number of anilines is 3. The van der Waals surface area contributed by atoms with Crippen LogP contribution in [-0.4, -0.2) is 24.7 Å². The molecule has 23 heavy (non-hydrogen) atoms. The zero-order chi connectivity index (χ0) is 16.0. The van der Waals surface area contributed by atoms with E-state index in [1.807, 2.05) is 24.3 Å². The second kappa shape index (κ2) is 4.70. The standard InChI is InChI=1S/C14H10N7O2/c15-10-7-3-1-2-4-8(7)16-5-9(10)19-14-20-12-11(17-6-18-12)13(22)21(14)23/h1-6H,(H2,15,16)(H,17,18)(H,19,20)/q-1. The lowest BCUT2D eigenvalue weighted by atomic mass is 10.2. The van der Waals surface area contributed by atoms with Gasteiger partial charge in [-0.05, 0) is 6.07 Å². The monoisotopic (exact) mass is 308 g/mol. The lowest BCUT2D eigenvalue weighted by molar-refractivity contribution is 0.979. The number of nitrogens with two attached hydrogens (primary N) is 1. The first kappa shape index (κ1) is 13.1. The van der Waals surface area contributed by atoms with E-state index in [2.05, 4.69) is 25.3 Å². The predicted molar refractivity (Wildman–Crippen MR) is 86.4 cm³/mol. The molecule has 1 aromatic carbocycles. The third kappa shape index (κ3) is 1.94. The van der Waals surface area contributed by atoms with Crippen molar-refractivity contribution in [3.63, 3.8) is 0 Å². The number of imidazole rings is 1. The van der Waals surface area contributed by atoms with Gasteiger partial charge in [0.05, 0.1) is 29.4 Å². The van der Waals surface area contributed by atoms with Gasteiger partial charge in [0.2, 0.25) is 5.95 Å². The lowest BCUT2D eigenvalue weighted by Gasteiger charge is -2.17. The minimum Gasteiger partial charge on any atom is -0.801 e. The van der Waals surface area contributed by atoms with Crippen LogP contribution in [0.5, 0.6) is 0 Å². The molecule has 114 valence electrons. The van der Waals surface area contributed by atoms with Crippen LogP contribution in [0.15, 0.2) is 41.6 Å². The number of fused-ring (bicyclic) bond motifs is 2. The maximum atomic E-state index is 12.0. The molecular weight excluding hydrogens is 298 g/mol. The largest absolute Gasteiger partial charge is 0.801 e. The van der Waals surface area contributed by atoms with E-state index in [4.69, 9.17) is 5.73 Å². The molecule has 0 aliphatic heterocycles. The Kier molecular flexibility index (Phi) is 2.67. The van der Waals surface area contributed by atoms with Crippen molar-refractivity contribution in [3.05, 3.63) is 52.4 Å². The molecule has 0 fully saturated rings. The van der Waals surface area contributed by atoms with Gasteiger partial charge >= 0.3 is 0 Å². The number of hydrogen-bond donors (Lipinski definition) is 3. The molecule has 9 nitrogen and oxygen atoms in total. The van der Waals surface area contributed by atoms with Crippen LogP contribution < -0.4 is 16.6 Å². The molecule has 3 heterocycles. The van der Waals surface area contributed by atoms with E-state index in [0.717, 1.165) is 10.9 Å². The molecule has 4 N–H and O–H groups in total. The van der Waals surface area contributed by atoms with Crippen LogP contribution in [0.25, 0.3) is 22.1 Å². The number of nitrogens with zero attached hydrogens (tertiary/aromatic N) is 4. The van der Waals surface area contributed by atoms with Crippen molar-refractivity contribution < 1.29 is 0 Å². The first-order valence-corrected chi connectivity index (χ1v) is 6.69. The molecule has 0 radical (unpaired) electrons. The van der Waals surface area contributed by atoms with Crippen LogP contribution in [0.3, 0.4) is 0 Å². The van der Waals surface area contributed by atoms with Crippen LogP contribution in [0.1, 0.15) is 0 Å². The van der Waals surface area contributed by atoms with E-state index in [9.17, 15) is 10.0 Å². The molecule has 0 atom stereocenters. The van der Waals surface area contributed by atoms with E-state index in [-0.39, 0.29) is 21.8 Å². The average molecular weight is 308 g/mol. The first-order chi connectivity index (χ1) is 11.1. The Bertz CT molecular complexity index is 1100. The van der Waals surface area contributed by atoms with Gasteiger partial charge in [0.25, 0.3) is 5.56 Å². The van der Waals surface area contributed by atoms with E-state index in [1.54, 1.807) is 0 Å². The molecule has 9 heteroatoms. The van der Waals surface area contributed by atoms with Gasteiger partial charge in [-0.25, -0.2) is 4.98 Å². The van der Waals surface area contributed by atoms with Crippen LogP contribution in [0, 0.1) is 5.21 Å². The number of pyridine rings is 1. The Morgan fingerprint density at radius 2 is 2.09 bits per heavy atom. The van der Waals surface area contributed by atoms with Gasteiger partial charge in [-0.3, -0.25) is 9.78 Å². The highest BCUT2D eigenvalue weighted by Crippen LogP contribution is 2.28. The number of rotatable bonds is 2. The molecule has 4 rings (SSSR count). The molecule has 3 aromatic heterocycles. The van der Waals surface area contributed by atoms with Gasteiger partial charge < -0.3 is 26.0 Å². The number of nitrogen functional groups attached to an aromatic ring is 1. The zero-order valence-electron chi connectivity index (χ0n) is 11.6. The van der Waals surface area contributed by atoms with Crippen molar-refractivity contribution in [2.75, 3.05) is 11.1 Å². The highest BCUT2D eigenvalue weighted by molar-refractivity contribution is 5.96. The zero-order valence-corrected chi connectivity index (χ0v) is 11.6. The maximum Gasteiger partial charge on any atom is 0.276 e. The number of H-pyrrole nitrogens is 1. The maximum absolute atomic E-state index is 12.0. The van der Waals surface area contributed by atoms with Gasteiger partial charge in [0.1, 0.15) is 0 Å². The van der Waals surface area contributed by atoms with E-state index in [0.29, 0.717) is 11.4 Å². The van der Waals surface area contributed by atoms with Gasteiger partial charge in [-0.2, -0.15) is 4.98 Å². The Labute approximate surface area is 128 Å². The van der Waals surface area contributed by atoms with Gasteiger partial charge in [-0.1, -0.05) is 18.2 Å². The average Bonchev–Trinajstić information content (AvgIpc) is 3.03. The first-order valence-electron chi connectivity index (χ1n) is 6.69. The minimum atomic E-state index is -0.776. The van der Waals surface area contributed by atoms with Crippen molar-refractivity contribution in [1.29, 1.82) is 0 Å². The van der Waals surface area contributed by atoms with Crippen LogP contribution >= 0.6 is 0 Å². The summed E-state index contributed by atoms with van der Waals surface area (Å²) in [7, 11) is 0.